The van der Waals surface area contributed by atoms with Crippen molar-refractivity contribution in [1.29, 1.82) is 0 Å². The molecule has 0 aromatic heterocycles. The first-order chi connectivity index (χ1) is 7.17. The summed E-state index contributed by atoms with van der Waals surface area (Å²) in [6.07, 6.45) is 0.865. The number of hydrogen-bond donors (Lipinski definition) is 1. The Hall–Kier alpha value is -0.870. The highest BCUT2D eigenvalue weighted by atomic mass is 79.9. The van der Waals surface area contributed by atoms with Crippen LogP contribution in [0.1, 0.15) is 12.0 Å². The Morgan fingerprint density at radius 1 is 1.53 bits per heavy atom. The Balaban J connectivity index is 2.71. The third kappa shape index (κ3) is 3.64. The van der Waals surface area contributed by atoms with Crippen LogP contribution in [0.25, 0.3) is 0 Å². The van der Waals surface area contributed by atoms with Crippen molar-refractivity contribution >= 4 is 21.7 Å². The van der Waals surface area contributed by atoms with Gasteiger partial charge in [-0.15, -0.1) is 0 Å². The van der Waals surface area contributed by atoms with E-state index in [-0.39, 0.29) is 5.78 Å². The zero-order valence-corrected chi connectivity index (χ0v) is 10.2. The smallest absolute Gasteiger partial charge is 0.138 e. The van der Waals surface area contributed by atoms with E-state index in [1.165, 1.54) is 0 Å². The Bertz CT molecular complexity index is 352. The lowest BCUT2D eigenvalue weighted by Crippen LogP contribution is -2.10. The molecule has 0 aliphatic carbocycles. The highest BCUT2D eigenvalue weighted by Crippen LogP contribution is 2.25. The van der Waals surface area contributed by atoms with Gasteiger partial charge in [-0.3, -0.25) is 4.79 Å². The SMILES string of the molecule is COc1ccc(CC(=O)CCN)cc1Br. The van der Waals surface area contributed by atoms with E-state index in [9.17, 15) is 4.79 Å². The van der Waals surface area contributed by atoms with Crippen LogP contribution in [0.3, 0.4) is 0 Å². The van der Waals surface area contributed by atoms with E-state index in [4.69, 9.17) is 10.5 Å². The van der Waals surface area contributed by atoms with Gasteiger partial charge in [-0.2, -0.15) is 0 Å². The lowest BCUT2D eigenvalue weighted by molar-refractivity contribution is -0.118. The van der Waals surface area contributed by atoms with E-state index in [1.807, 2.05) is 18.2 Å². The fourth-order valence-corrected chi connectivity index (χ4v) is 1.88. The number of hydrogen-bond acceptors (Lipinski definition) is 3. The summed E-state index contributed by atoms with van der Waals surface area (Å²) in [6.45, 7) is 0.413. The Morgan fingerprint density at radius 2 is 2.27 bits per heavy atom. The third-order valence-corrected chi connectivity index (χ3v) is 2.66. The molecule has 4 heteroatoms. The molecule has 0 amide bonds. The van der Waals surface area contributed by atoms with Crippen LogP contribution in [0.15, 0.2) is 22.7 Å². The molecule has 0 unspecified atom stereocenters. The molecule has 1 aromatic carbocycles. The van der Waals surface area contributed by atoms with Crippen molar-refractivity contribution in [3.05, 3.63) is 28.2 Å². The van der Waals surface area contributed by atoms with Crippen molar-refractivity contribution in [2.24, 2.45) is 5.73 Å². The molecule has 0 saturated heterocycles. The minimum absolute atomic E-state index is 0.162. The molecule has 1 rings (SSSR count). The second kappa shape index (κ2) is 5.88. The molecule has 0 aliphatic rings. The number of rotatable bonds is 5. The van der Waals surface area contributed by atoms with Gasteiger partial charge >= 0.3 is 0 Å². The van der Waals surface area contributed by atoms with E-state index >= 15 is 0 Å². The molecule has 15 heavy (non-hydrogen) atoms. The van der Waals surface area contributed by atoms with E-state index in [2.05, 4.69) is 15.9 Å². The van der Waals surface area contributed by atoms with Crippen LogP contribution in [-0.2, 0) is 11.2 Å². The van der Waals surface area contributed by atoms with Crippen LogP contribution in [0.2, 0.25) is 0 Å². The number of nitrogens with two attached hydrogens (primary N) is 1. The van der Waals surface area contributed by atoms with Crippen molar-refractivity contribution in [1.82, 2.24) is 0 Å². The predicted octanol–water partition coefficient (Wildman–Crippen LogP) is 1.92. The molecule has 82 valence electrons. The summed E-state index contributed by atoms with van der Waals surface area (Å²) in [4.78, 5) is 11.4. The average Bonchev–Trinajstić information content (AvgIpc) is 2.18. The standard InChI is InChI=1S/C11H14BrNO2/c1-15-11-3-2-8(7-10(11)12)6-9(14)4-5-13/h2-3,7H,4-6,13H2,1H3. The number of Topliss-reactive ketones (excluding diaryl/α,β-unsaturated/α-hetero) is 1. The maximum Gasteiger partial charge on any atom is 0.138 e. The minimum atomic E-state index is 0.162. The van der Waals surface area contributed by atoms with Crippen molar-refractivity contribution in [2.75, 3.05) is 13.7 Å². The average molecular weight is 272 g/mol. The number of ketones is 1. The maximum atomic E-state index is 11.4. The molecule has 0 fully saturated rings. The minimum Gasteiger partial charge on any atom is -0.496 e. The number of ether oxygens (including phenoxy) is 1. The van der Waals surface area contributed by atoms with Crippen LogP contribution in [0.5, 0.6) is 5.75 Å². The molecule has 3 nitrogen and oxygen atoms in total. The van der Waals surface area contributed by atoms with Gasteiger partial charge in [0.15, 0.2) is 0 Å². The molecule has 0 bridgehead atoms. The normalized spacial score (nSPS) is 10.1. The van der Waals surface area contributed by atoms with Crippen molar-refractivity contribution in [2.45, 2.75) is 12.8 Å². The largest absolute Gasteiger partial charge is 0.496 e. The lowest BCUT2D eigenvalue weighted by Gasteiger charge is -2.05. The molecule has 0 atom stereocenters. The molecule has 0 spiro atoms. The van der Waals surface area contributed by atoms with Crippen LogP contribution < -0.4 is 10.5 Å². The summed E-state index contributed by atoms with van der Waals surface area (Å²) in [7, 11) is 1.61. The van der Waals surface area contributed by atoms with Crippen LogP contribution in [-0.4, -0.2) is 19.4 Å². The second-order valence-electron chi connectivity index (χ2n) is 3.22. The second-order valence-corrected chi connectivity index (χ2v) is 4.08. The van der Waals surface area contributed by atoms with Gasteiger partial charge in [0.25, 0.3) is 0 Å². The highest BCUT2D eigenvalue weighted by molar-refractivity contribution is 9.10. The fraction of sp³-hybridized carbons (Fsp3) is 0.364. The molecular formula is C11H14BrNO2. The summed E-state index contributed by atoms with van der Waals surface area (Å²) < 4.78 is 5.96. The van der Waals surface area contributed by atoms with Crippen LogP contribution >= 0.6 is 15.9 Å². The van der Waals surface area contributed by atoms with E-state index < -0.39 is 0 Å². The molecule has 1 aromatic rings. The summed E-state index contributed by atoms with van der Waals surface area (Å²) in [5.74, 6) is 0.930. The summed E-state index contributed by atoms with van der Waals surface area (Å²) in [5, 5.41) is 0. The van der Waals surface area contributed by atoms with Gasteiger partial charge in [0.2, 0.25) is 0 Å². The van der Waals surface area contributed by atoms with Gasteiger partial charge in [0.05, 0.1) is 11.6 Å². The van der Waals surface area contributed by atoms with Crippen molar-refractivity contribution in [3.63, 3.8) is 0 Å². The number of methoxy groups -OCH3 is 1. The van der Waals surface area contributed by atoms with Gasteiger partial charge < -0.3 is 10.5 Å². The third-order valence-electron chi connectivity index (χ3n) is 2.04. The molecular weight excluding hydrogens is 258 g/mol. The zero-order chi connectivity index (χ0) is 11.3. The zero-order valence-electron chi connectivity index (χ0n) is 8.63. The van der Waals surface area contributed by atoms with E-state index in [0.717, 1.165) is 15.8 Å². The molecule has 2 N–H and O–H groups in total. The highest BCUT2D eigenvalue weighted by Gasteiger charge is 2.05. The van der Waals surface area contributed by atoms with Crippen molar-refractivity contribution in [3.8, 4) is 5.75 Å². The molecule has 0 radical (unpaired) electrons. The fourth-order valence-electron chi connectivity index (χ4n) is 1.30. The van der Waals surface area contributed by atoms with Gasteiger partial charge in [-0.1, -0.05) is 6.07 Å². The lowest BCUT2D eigenvalue weighted by atomic mass is 10.1. The monoisotopic (exact) mass is 271 g/mol. The van der Waals surface area contributed by atoms with E-state index in [1.54, 1.807) is 7.11 Å². The topological polar surface area (TPSA) is 52.3 Å². The van der Waals surface area contributed by atoms with Gasteiger partial charge in [-0.25, -0.2) is 0 Å². The summed E-state index contributed by atoms with van der Waals surface area (Å²) in [6, 6.07) is 5.63. The van der Waals surface area contributed by atoms with Gasteiger partial charge in [0, 0.05) is 12.8 Å². The quantitative estimate of drug-likeness (QED) is 0.890. The van der Waals surface area contributed by atoms with Gasteiger partial charge in [0.1, 0.15) is 11.5 Å². The first kappa shape index (κ1) is 12.2. The molecule has 0 aliphatic heterocycles. The van der Waals surface area contributed by atoms with Crippen LogP contribution in [0.4, 0.5) is 0 Å². The number of carbonyl (C=O) groups excluding carboxylic acids is 1. The van der Waals surface area contributed by atoms with Gasteiger partial charge in [-0.05, 0) is 40.2 Å². The first-order valence-electron chi connectivity index (χ1n) is 4.71. The maximum absolute atomic E-state index is 11.4. The number of halogens is 1. The number of carbonyl (C=O) groups is 1. The Kier molecular flexibility index (Phi) is 4.78. The summed E-state index contributed by atoms with van der Waals surface area (Å²) >= 11 is 3.38. The molecule has 0 saturated carbocycles. The summed E-state index contributed by atoms with van der Waals surface area (Å²) in [5.41, 5.74) is 6.28. The van der Waals surface area contributed by atoms with Crippen LogP contribution in [0, 0.1) is 0 Å². The molecule has 0 heterocycles. The van der Waals surface area contributed by atoms with E-state index in [0.29, 0.717) is 19.4 Å². The Morgan fingerprint density at radius 3 is 2.80 bits per heavy atom. The predicted molar refractivity (Wildman–Crippen MR) is 63.1 cm³/mol. The Labute approximate surface area is 97.7 Å². The number of benzene rings is 1. The first-order valence-corrected chi connectivity index (χ1v) is 5.51. The van der Waals surface area contributed by atoms with Crippen molar-refractivity contribution < 1.29 is 9.53 Å².